The van der Waals surface area contributed by atoms with Crippen LogP contribution in [0.15, 0.2) is 48.5 Å². The number of rotatable bonds is 6. The Bertz CT molecular complexity index is 706. The maximum atomic E-state index is 11.3. The van der Waals surface area contributed by atoms with Crippen LogP contribution in [0.25, 0.3) is 0 Å². The molecule has 2 aromatic rings. The smallest absolute Gasteiger partial charge is 0.322 e. The van der Waals surface area contributed by atoms with Gasteiger partial charge >= 0.3 is 11.7 Å². The van der Waals surface area contributed by atoms with E-state index in [-0.39, 0.29) is 23.8 Å². The molecule has 0 saturated heterocycles. The molecule has 0 aliphatic rings. The fourth-order valence-corrected chi connectivity index (χ4v) is 2.00. The van der Waals surface area contributed by atoms with E-state index in [4.69, 9.17) is 10.5 Å². The standard InChI is InChI=1S/C16H16N2O5.ClH/c1-22-16(19)13(17)10-11-6-8-12(9-7-11)23-15-5-3-2-4-14(15)18(20)21;/h2-9,13H,10,17H2,1H3;1H/t13-;/m0./s1. The third-order valence-electron chi connectivity index (χ3n) is 3.17. The lowest BCUT2D eigenvalue weighted by Crippen LogP contribution is -2.33. The zero-order chi connectivity index (χ0) is 16.8. The normalized spacial score (nSPS) is 11.1. The molecule has 0 spiro atoms. The molecule has 0 radical (unpaired) electrons. The highest BCUT2D eigenvalue weighted by Crippen LogP contribution is 2.30. The van der Waals surface area contributed by atoms with Crippen molar-refractivity contribution in [3.63, 3.8) is 0 Å². The summed E-state index contributed by atoms with van der Waals surface area (Å²) in [6.45, 7) is 0. The van der Waals surface area contributed by atoms with Gasteiger partial charge in [0.1, 0.15) is 11.8 Å². The minimum absolute atomic E-state index is 0. The summed E-state index contributed by atoms with van der Waals surface area (Å²) < 4.78 is 10.1. The molecule has 2 rings (SSSR count). The van der Waals surface area contributed by atoms with Crippen LogP contribution in [0.2, 0.25) is 0 Å². The highest BCUT2D eigenvalue weighted by atomic mass is 35.5. The lowest BCUT2D eigenvalue weighted by atomic mass is 10.1. The minimum Gasteiger partial charge on any atom is -0.468 e. The quantitative estimate of drug-likeness (QED) is 0.487. The number of carbonyl (C=O) groups is 1. The van der Waals surface area contributed by atoms with Crippen molar-refractivity contribution >= 4 is 24.1 Å². The number of nitro benzene ring substituents is 1. The molecule has 7 nitrogen and oxygen atoms in total. The summed E-state index contributed by atoms with van der Waals surface area (Å²) in [5, 5.41) is 10.9. The van der Waals surface area contributed by atoms with Gasteiger partial charge < -0.3 is 15.2 Å². The maximum absolute atomic E-state index is 11.3. The Morgan fingerprint density at radius 1 is 1.21 bits per heavy atom. The van der Waals surface area contributed by atoms with Gasteiger partial charge in [-0.1, -0.05) is 24.3 Å². The van der Waals surface area contributed by atoms with Crippen molar-refractivity contribution in [2.75, 3.05) is 7.11 Å². The van der Waals surface area contributed by atoms with Crippen LogP contribution in [0, 0.1) is 10.1 Å². The van der Waals surface area contributed by atoms with E-state index in [0.29, 0.717) is 12.2 Å². The molecule has 1 atom stereocenters. The number of nitrogens with two attached hydrogens (primary N) is 1. The van der Waals surface area contributed by atoms with Gasteiger partial charge in [-0.3, -0.25) is 14.9 Å². The molecule has 0 aliphatic carbocycles. The fourth-order valence-electron chi connectivity index (χ4n) is 2.00. The average molecular weight is 353 g/mol. The first kappa shape index (κ1) is 19.4. The predicted octanol–water partition coefficient (Wildman–Crippen LogP) is 2.85. The van der Waals surface area contributed by atoms with E-state index in [1.165, 1.54) is 19.2 Å². The Labute approximate surface area is 144 Å². The van der Waals surface area contributed by atoms with Crippen LogP contribution in [0.5, 0.6) is 11.5 Å². The summed E-state index contributed by atoms with van der Waals surface area (Å²) in [6, 6.07) is 12.2. The van der Waals surface area contributed by atoms with E-state index in [1.54, 1.807) is 36.4 Å². The first-order valence-electron chi connectivity index (χ1n) is 6.85. The van der Waals surface area contributed by atoms with E-state index >= 15 is 0 Å². The van der Waals surface area contributed by atoms with Crippen molar-refractivity contribution < 1.29 is 19.2 Å². The fraction of sp³-hybridized carbons (Fsp3) is 0.188. The summed E-state index contributed by atoms with van der Waals surface area (Å²) >= 11 is 0. The van der Waals surface area contributed by atoms with Gasteiger partial charge in [-0.05, 0) is 30.2 Å². The van der Waals surface area contributed by atoms with Crippen molar-refractivity contribution in [1.82, 2.24) is 0 Å². The summed E-state index contributed by atoms with van der Waals surface area (Å²) in [5.41, 5.74) is 6.42. The third kappa shape index (κ3) is 4.94. The van der Waals surface area contributed by atoms with Crippen LogP contribution in [-0.2, 0) is 16.0 Å². The lowest BCUT2D eigenvalue weighted by molar-refractivity contribution is -0.385. The predicted molar refractivity (Wildman–Crippen MR) is 90.6 cm³/mol. The molecule has 8 heteroatoms. The number of methoxy groups -OCH3 is 1. The van der Waals surface area contributed by atoms with Gasteiger partial charge in [0.2, 0.25) is 5.75 Å². The number of benzene rings is 2. The third-order valence-corrected chi connectivity index (χ3v) is 3.17. The minimum atomic E-state index is -0.734. The molecule has 2 aromatic carbocycles. The Morgan fingerprint density at radius 2 is 1.83 bits per heavy atom. The maximum Gasteiger partial charge on any atom is 0.322 e. The Hall–Kier alpha value is -2.64. The van der Waals surface area contributed by atoms with E-state index in [2.05, 4.69) is 4.74 Å². The van der Waals surface area contributed by atoms with Crippen LogP contribution in [0.3, 0.4) is 0 Å². The largest absolute Gasteiger partial charge is 0.468 e. The summed E-state index contributed by atoms with van der Waals surface area (Å²) in [4.78, 5) is 21.7. The molecule has 24 heavy (non-hydrogen) atoms. The van der Waals surface area contributed by atoms with E-state index < -0.39 is 16.9 Å². The molecule has 0 amide bonds. The number of para-hydroxylation sites is 2. The molecular weight excluding hydrogens is 336 g/mol. The second kappa shape index (κ2) is 8.85. The Morgan fingerprint density at radius 3 is 2.42 bits per heavy atom. The first-order valence-corrected chi connectivity index (χ1v) is 6.85. The highest BCUT2D eigenvalue weighted by molar-refractivity contribution is 5.85. The van der Waals surface area contributed by atoms with Crippen LogP contribution < -0.4 is 10.5 Å². The summed E-state index contributed by atoms with van der Waals surface area (Å²) in [5.74, 6) is 0.136. The monoisotopic (exact) mass is 352 g/mol. The molecule has 0 heterocycles. The van der Waals surface area contributed by atoms with Gasteiger partial charge in [0, 0.05) is 6.07 Å². The molecule has 0 aromatic heterocycles. The van der Waals surface area contributed by atoms with Crippen LogP contribution in [0.1, 0.15) is 5.56 Å². The van der Waals surface area contributed by atoms with Crippen LogP contribution in [0.4, 0.5) is 5.69 Å². The molecule has 0 bridgehead atoms. The number of nitrogens with zero attached hydrogens (tertiary/aromatic N) is 1. The lowest BCUT2D eigenvalue weighted by Gasteiger charge is -2.10. The second-order valence-electron chi connectivity index (χ2n) is 4.80. The molecule has 0 fully saturated rings. The topological polar surface area (TPSA) is 105 Å². The summed E-state index contributed by atoms with van der Waals surface area (Å²) in [7, 11) is 1.28. The van der Waals surface area contributed by atoms with Crippen LogP contribution >= 0.6 is 12.4 Å². The number of hydrogen-bond acceptors (Lipinski definition) is 6. The highest BCUT2D eigenvalue weighted by Gasteiger charge is 2.16. The summed E-state index contributed by atoms with van der Waals surface area (Å²) in [6.07, 6.45) is 0.332. The van der Waals surface area contributed by atoms with Crippen molar-refractivity contribution in [2.45, 2.75) is 12.5 Å². The first-order chi connectivity index (χ1) is 11.0. The van der Waals surface area contributed by atoms with Gasteiger partial charge in [-0.2, -0.15) is 0 Å². The molecule has 2 N–H and O–H groups in total. The van der Waals surface area contributed by atoms with E-state index in [0.717, 1.165) is 5.56 Å². The Balaban J connectivity index is 0.00000288. The van der Waals surface area contributed by atoms with Gasteiger partial charge in [0.05, 0.1) is 12.0 Å². The molecule has 0 saturated carbocycles. The second-order valence-corrected chi connectivity index (χ2v) is 4.80. The van der Waals surface area contributed by atoms with Crippen molar-refractivity contribution in [1.29, 1.82) is 0 Å². The Kier molecular flexibility index (Phi) is 7.16. The number of hydrogen-bond donors (Lipinski definition) is 1. The number of ether oxygens (including phenoxy) is 2. The van der Waals surface area contributed by atoms with Crippen molar-refractivity contribution in [2.24, 2.45) is 5.73 Å². The number of carbonyl (C=O) groups excluding carboxylic acids is 1. The van der Waals surface area contributed by atoms with Gasteiger partial charge in [-0.25, -0.2) is 0 Å². The van der Waals surface area contributed by atoms with Crippen LogP contribution in [-0.4, -0.2) is 24.0 Å². The molecule has 128 valence electrons. The zero-order valence-electron chi connectivity index (χ0n) is 12.9. The van der Waals surface area contributed by atoms with Gasteiger partial charge in [-0.15, -0.1) is 12.4 Å². The van der Waals surface area contributed by atoms with Crippen molar-refractivity contribution in [3.05, 3.63) is 64.2 Å². The SMILES string of the molecule is COC(=O)[C@@H](N)Cc1ccc(Oc2ccccc2[N+](=O)[O-])cc1.Cl. The molecule has 0 aliphatic heterocycles. The van der Waals surface area contributed by atoms with E-state index in [1.807, 2.05) is 0 Å². The number of esters is 1. The number of nitro groups is 1. The van der Waals surface area contributed by atoms with Gasteiger partial charge in [0.15, 0.2) is 0 Å². The molecular formula is C16H17ClN2O5. The van der Waals surface area contributed by atoms with Gasteiger partial charge in [0.25, 0.3) is 0 Å². The average Bonchev–Trinajstić information content (AvgIpc) is 2.56. The zero-order valence-corrected chi connectivity index (χ0v) is 13.7. The number of halogens is 1. The van der Waals surface area contributed by atoms with E-state index in [9.17, 15) is 14.9 Å². The molecule has 0 unspecified atom stereocenters. The van der Waals surface area contributed by atoms with Crippen molar-refractivity contribution in [3.8, 4) is 11.5 Å².